The molecule has 2 N–H and O–H groups in total. The van der Waals surface area contributed by atoms with Gasteiger partial charge in [0.05, 0.1) is 5.56 Å². The summed E-state index contributed by atoms with van der Waals surface area (Å²) >= 11 is 0. The van der Waals surface area contributed by atoms with Gasteiger partial charge in [-0.25, -0.2) is 0 Å². The Morgan fingerprint density at radius 3 is 2.55 bits per heavy atom. The Bertz CT molecular complexity index is 482. The van der Waals surface area contributed by atoms with Crippen LogP contribution < -0.4 is 5.73 Å². The highest BCUT2D eigenvalue weighted by Gasteiger charge is 2.42. The Morgan fingerprint density at radius 2 is 1.95 bits per heavy atom. The molecule has 1 saturated heterocycles. The number of halogens is 3. The molecule has 1 heterocycles. The smallest absolute Gasteiger partial charge is 0.330 e. The van der Waals surface area contributed by atoms with Gasteiger partial charge in [-0.05, 0) is 56.0 Å². The number of likely N-dealkylation sites (tertiary alicyclic amines) is 1. The summed E-state index contributed by atoms with van der Waals surface area (Å²) in [5.74, 6) is 0.263. The Morgan fingerprint density at radius 1 is 1.20 bits per heavy atom. The van der Waals surface area contributed by atoms with Crippen LogP contribution in [-0.2, 0) is 6.18 Å². The van der Waals surface area contributed by atoms with Gasteiger partial charge in [-0.2, -0.15) is 13.2 Å². The summed E-state index contributed by atoms with van der Waals surface area (Å²) in [5, 5.41) is 0. The average molecular weight is 284 g/mol. The number of benzene rings is 1. The van der Waals surface area contributed by atoms with Gasteiger partial charge in [-0.1, -0.05) is 12.1 Å². The minimum atomic E-state index is -4.28. The standard InChI is InChI=1S/C15H19F3N2/c16-15(17,18)12-3-1-2-10(8-12)14-11(9-19)6-7-20(14)13-4-5-13/h1-3,8,11,13-14H,4-7,9,19H2. The van der Waals surface area contributed by atoms with E-state index in [1.165, 1.54) is 12.1 Å². The summed E-state index contributed by atoms with van der Waals surface area (Å²) in [6.45, 7) is 1.48. The molecule has 1 saturated carbocycles. The van der Waals surface area contributed by atoms with Crippen molar-refractivity contribution in [3.05, 3.63) is 35.4 Å². The van der Waals surface area contributed by atoms with Crippen LogP contribution in [0.5, 0.6) is 0 Å². The first kappa shape index (κ1) is 13.9. The molecule has 3 rings (SSSR count). The molecule has 0 radical (unpaired) electrons. The molecule has 2 aliphatic rings. The number of hydrogen-bond acceptors (Lipinski definition) is 2. The Hall–Kier alpha value is -1.07. The van der Waals surface area contributed by atoms with E-state index in [4.69, 9.17) is 5.73 Å². The lowest BCUT2D eigenvalue weighted by Crippen LogP contribution is -2.30. The van der Waals surface area contributed by atoms with Gasteiger partial charge in [0.2, 0.25) is 0 Å². The van der Waals surface area contributed by atoms with Crippen molar-refractivity contribution in [3.63, 3.8) is 0 Å². The van der Waals surface area contributed by atoms with E-state index in [9.17, 15) is 13.2 Å². The molecule has 1 aromatic carbocycles. The largest absolute Gasteiger partial charge is 0.416 e. The van der Waals surface area contributed by atoms with Gasteiger partial charge in [0.1, 0.15) is 0 Å². The van der Waals surface area contributed by atoms with E-state index in [2.05, 4.69) is 4.90 Å². The maximum absolute atomic E-state index is 12.9. The van der Waals surface area contributed by atoms with E-state index in [0.717, 1.165) is 37.4 Å². The van der Waals surface area contributed by atoms with Crippen molar-refractivity contribution in [1.82, 2.24) is 4.90 Å². The monoisotopic (exact) mass is 284 g/mol. The average Bonchev–Trinajstić information content (AvgIpc) is 3.17. The third-order valence-electron chi connectivity index (χ3n) is 4.44. The molecule has 0 spiro atoms. The number of nitrogens with zero attached hydrogens (tertiary/aromatic N) is 1. The minimum Gasteiger partial charge on any atom is -0.330 e. The fourth-order valence-corrected chi connectivity index (χ4v) is 3.31. The minimum absolute atomic E-state index is 0.0507. The van der Waals surface area contributed by atoms with Crippen LogP contribution in [0.4, 0.5) is 13.2 Å². The van der Waals surface area contributed by atoms with Gasteiger partial charge >= 0.3 is 6.18 Å². The van der Waals surface area contributed by atoms with Gasteiger partial charge < -0.3 is 5.73 Å². The van der Waals surface area contributed by atoms with Crippen molar-refractivity contribution >= 4 is 0 Å². The van der Waals surface area contributed by atoms with Crippen molar-refractivity contribution in [2.45, 2.75) is 37.5 Å². The maximum atomic E-state index is 12.9. The zero-order chi connectivity index (χ0) is 14.3. The van der Waals surface area contributed by atoms with Gasteiger partial charge in [0.15, 0.2) is 0 Å². The van der Waals surface area contributed by atoms with Gasteiger partial charge in [-0.15, -0.1) is 0 Å². The molecule has 0 aromatic heterocycles. The zero-order valence-corrected chi connectivity index (χ0v) is 11.2. The molecule has 2 atom stereocenters. The van der Waals surface area contributed by atoms with E-state index in [-0.39, 0.29) is 12.0 Å². The molecule has 2 nitrogen and oxygen atoms in total. The molecule has 2 fully saturated rings. The van der Waals surface area contributed by atoms with Gasteiger partial charge in [-0.3, -0.25) is 4.90 Å². The second-order valence-electron chi connectivity index (χ2n) is 5.82. The van der Waals surface area contributed by atoms with Crippen LogP contribution in [0.3, 0.4) is 0 Å². The molecular formula is C15H19F3N2. The highest BCUT2D eigenvalue weighted by Crippen LogP contribution is 2.44. The van der Waals surface area contributed by atoms with Crippen LogP contribution in [0.25, 0.3) is 0 Å². The molecule has 20 heavy (non-hydrogen) atoms. The highest BCUT2D eigenvalue weighted by molar-refractivity contribution is 5.29. The molecule has 110 valence electrons. The fourth-order valence-electron chi connectivity index (χ4n) is 3.31. The van der Waals surface area contributed by atoms with Crippen LogP contribution in [0.15, 0.2) is 24.3 Å². The SMILES string of the molecule is NCC1CCN(C2CC2)C1c1cccc(C(F)(F)F)c1. The van der Waals surface area contributed by atoms with Crippen molar-refractivity contribution in [2.75, 3.05) is 13.1 Å². The summed E-state index contributed by atoms with van der Waals surface area (Å²) in [6, 6.07) is 6.35. The van der Waals surface area contributed by atoms with Gasteiger partial charge in [0, 0.05) is 12.1 Å². The number of rotatable bonds is 3. The van der Waals surface area contributed by atoms with Crippen molar-refractivity contribution in [2.24, 2.45) is 11.7 Å². The molecule has 2 unspecified atom stereocenters. The number of hydrogen-bond donors (Lipinski definition) is 1. The highest BCUT2D eigenvalue weighted by atomic mass is 19.4. The summed E-state index contributed by atoms with van der Waals surface area (Å²) in [6.07, 6.45) is -0.981. The Labute approximate surface area is 116 Å². The second-order valence-corrected chi connectivity index (χ2v) is 5.82. The molecule has 1 aliphatic heterocycles. The Balaban J connectivity index is 1.92. The lowest BCUT2D eigenvalue weighted by atomic mass is 9.92. The topological polar surface area (TPSA) is 29.3 Å². The summed E-state index contributed by atoms with van der Waals surface area (Å²) < 4.78 is 38.6. The molecule has 0 amide bonds. The van der Waals surface area contributed by atoms with Crippen molar-refractivity contribution in [1.29, 1.82) is 0 Å². The lowest BCUT2D eigenvalue weighted by molar-refractivity contribution is -0.137. The van der Waals surface area contributed by atoms with Crippen LogP contribution in [-0.4, -0.2) is 24.0 Å². The summed E-state index contributed by atoms with van der Waals surface area (Å²) in [7, 11) is 0. The molecular weight excluding hydrogens is 265 g/mol. The van der Waals surface area contributed by atoms with Crippen molar-refractivity contribution in [3.8, 4) is 0 Å². The van der Waals surface area contributed by atoms with E-state index >= 15 is 0 Å². The lowest BCUT2D eigenvalue weighted by Gasteiger charge is -2.28. The second kappa shape index (κ2) is 5.04. The zero-order valence-electron chi connectivity index (χ0n) is 11.2. The first-order valence-electron chi connectivity index (χ1n) is 7.13. The molecule has 1 aromatic rings. The fraction of sp³-hybridized carbons (Fsp3) is 0.600. The third-order valence-corrected chi connectivity index (χ3v) is 4.44. The predicted molar refractivity (Wildman–Crippen MR) is 71.1 cm³/mol. The van der Waals surface area contributed by atoms with E-state index in [1.54, 1.807) is 0 Å². The predicted octanol–water partition coefficient (Wildman–Crippen LogP) is 3.19. The molecule has 0 bridgehead atoms. The summed E-state index contributed by atoms with van der Waals surface area (Å²) in [5.41, 5.74) is 6.02. The third kappa shape index (κ3) is 2.56. The quantitative estimate of drug-likeness (QED) is 0.923. The van der Waals surface area contributed by atoms with Crippen molar-refractivity contribution < 1.29 is 13.2 Å². The maximum Gasteiger partial charge on any atom is 0.416 e. The van der Waals surface area contributed by atoms with E-state index in [1.807, 2.05) is 6.07 Å². The van der Waals surface area contributed by atoms with Gasteiger partial charge in [0.25, 0.3) is 0 Å². The van der Waals surface area contributed by atoms with E-state index in [0.29, 0.717) is 12.6 Å². The molecule has 5 heteroatoms. The van der Waals surface area contributed by atoms with E-state index < -0.39 is 11.7 Å². The summed E-state index contributed by atoms with van der Waals surface area (Å²) in [4.78, 5) is 2.35. The van der Waals surface area contributed by atoms with Crippen LogP contribution in [0, 0.1) is 5.92 Å². The number of nitrogens with two attached hydrogens (primary N) is 1. The van der Waals surface area contributed by atoms with Crippen LogP contribution in [0.1, 0.15) is 36.4 Å². The first-order chi connectivity index (χ1) is 9.50. The normalized spacial score (nSPS) is 28.0. The molecule has 1 aliphatic carbocycles. The number of alkyl halides is 3. The Kier molecular flexibility index (Phi) is 3.50. The van der Waals surface area contributed by atoms with Crippen LogP contribution >= 0.6 is 0 Å². The first-order valence-corrected chi connectivity index (χ1v) is 7.13. The van der Waals surface area contributed by atoms with Crippen LogP contribution in [0.2, 0.25) is 0 Å².